The first-order chi connectivity index (χ1) is 23.1. The van der Waals surface area contributed by atoms with Crippen LogP contribution in [0.5, 0.6) is 5.75 Å². The summed E-state index contributed by atoms with van der Waals surface area (Å²) in [6, 6.07) is 34.9. The van der Waals surface area contributed by atoms with Crippen molar-refractivity contribution in [2.24, 2.45) is 10.1 Å². The number of aliphatic hydroxyl groups is 1. The van der Waals surface area contributed by atoms with E-state index >= 15 is 0 Å². The maximum Gasteiger partial charge on any atom is 0.266 e. The highest BCUT2D eigenvalue weighted by atomic mass is 16.5. The van der Waals surface area contributed by atoms with Crippen LogP contribution in [0.2, 0.25) is 0 Å². The SMILES string of the molecule is [N-]=[N+]=NCc1ccccc1[C@@H]1OC(c2ccc(OCCCO)cc2)=N[C@]1(Cc1ccccc1)C(=O)NNCCCCc1ccccc1. The maximum absolute atomic E-state index is 14.4. The molecule has 0 aromatic heterocycles. The van der Waals surface area contributed by atoms with Gasteiger partial charge >= 0.3 is 0 Å². The number of nitrogens with zero attached hydrogens (tertiary/aromatic N) is 4. The normalized spacial score (nSPS) is 16.9. The standard InChI is InChI=1S/C37H40N6O4/c38-43-40-27-31-17-7-8-18-33(31)34-37(26-29-15-5-2-6-16-29,36(45)42-39-23-10-9-14-28-12-3-1-4-13-28)41-35(47-34)30-19-21-32(22-20-30)46-25-11-24-44/h1-8,12-13,15-22,34,39,44H,9-11,14,23-27H2,(H,42,45)/t34-,37-/m0/s1. The molecule has 0 bridgehead atoms. The molecular formula is C37H40N6O4. The molecule has 242 valence electrons. The van der Waals surface area contributed by atoms with Gasteiger partial charge in [-0.1, -0.05) is 90.0 Å². The van der Waals surface area contributed by atoms with Gasteiger partial charge in [-0.15, -0.1) is 0 Å². The molecule has 10 heteroatoms. The van der Waals surface area contributed by atoms with Crippen LogP contribution < -0.4 is 15.6 Å². The molecule has 1 heterocycles. The van der Waals surface area contributed by atoms with E-state index in [0.717, 1.165) is 36.0 Å². The molecule has 1 amide bonds. The molecule has 10 nitrogen and oxygen atoms in total. The Morgan fingerprint density at radius 2 is 1.62 bits per heavy atom. The van der Waals surface area contributed by atoms with Crippen LogP contribution in [0.25, 0.3) is 10.4 Å². The number of hydrogen-bond donors (Lipinski definition) is 3. The highest BCUT2D eigenvalue weighted by molar-refractivity contribution is 6.01. The predicted octanol–water partition coefficient (Wildman–Crippen LogP) is 6.40. The van der Waals surface area contributed by atoms with Crippen LogP contribution in [-0.4, -0.2) is 42.2 Å². The van der Waals surface area contributed by atoms with Crippen LogP contribution >= 0.6 is 0 Å². The zero-order chi connectivity index (χ0) is 32.7. The van der Waals surface area contributed by atoms with Gasteiger partial charge in [-0.2, -0.15) is 0 Å². The zero-order valence-corrected chi connectivity index (χ0v) is 26.3. The Hall–Kier alpha value is -5.15. The first-order valence-electron chi connectivity index (χ1n) is 15.9. The third-order valence-electron chi connectivity index (χ3n) is 8.05. The van der Waals surface area contributed by atoms with Crippen molar-refractivity contribution in [1.82, 2.24) is 10.9 Å². The van der Waals surface area contributed by atoms with Gasteiger partial charge in [0.1, 0.15) is 5.75 Å². The summed E-state index contributed by atoms with van der Waals surface area (Å²) < 4.78 is 12.4. The second-order valence-corrected chi connectivity index (χ2v) is 11.4. The zero-order valence-electron chi connectivity index (χ0n) is 26.3. The minimum Gasteiger partial charge on any atom is -0.494 e. The fraction of sp³-hybridized carbons (Fsp3) is 0.297. The van der Waals surface area contributed by atoms with Gasteiger partial charge in [0.05, 0.1) is 13.2 Å². The Labute approximate surface area is 275 Å². The second kappa shape index (κ2) is 17.0. The number of aliphatic hydroxyl groups excluding tert-OH is 1. The molecule has 0 saturated heterocycles. The van der Waals surface area contributed by atoms with E-state index in [9.17, 15) is 4.79 Å². The lowest BCUT2D eigenvalue weighted by atomic mass is 9.81. The monoisotopic (exact) mass is 632 g/mol. The number of carbonyl (C=O) groups is 1. The van der Waals surface area contributed by atoms with Crippen LogP contribution in [0, 0.1) is 0 Å². The van der Waals surface area contributed by atoms with Crippen molar-refractivity contribution in [3.8, 4) is 5.75 Å². The first kappa shape index (κ1) is 33.2. The highest BCUT2D eigenvalue weighted by Crippen LogP contribution is 2.43. The number of hydrogen-bond acceptors (Lipinski definition) is 7. The molecule has 0 unspecified atom stereocenters. The molecule has 4 aromatic carbocycles. The Balaban J connectivity index is 1.45. The second-order valence-electron chi connectivity index (χ2n) is 11.4. The molecule has 4 aromatic rings. The van der Waals surface area contributed by atoms with Gasteiger partial charge in [-0.3, -0.25) is 10.2 Å². The lowest BCUT2D eigenvalue weighted by Gasteiger charge is -2.31. The van der Waals surface area contributed by atoms with Crippen molar-refractivity contribution in [3.05, 3.63) is 147 Å². The van der Waals surface area contributed by atoms with E-state index in [0.29, 0.717) is 36.8 Å². The molecule has 1 aliphatic rings. The van der Waals surface area contributed by atoms with Crippen molar-refractivity contribution in [2.45, 2.75) is 50.3 Å². The molecule has 0 fully saturated rings. The van der Waals surface area contributed by atoms with Crippen molar-refractivity contribution in [1.29, 1.82) is 0 Å². The topological polar surface area (TPSA) is 141 Å². The number of azide groups is 1. The number of benzene rings is 4. The average Bonchev–Trinajstić information content (AvgIpc) is 3.50. The van der Waals surface area contributed by atoms with Crippen LogP contribution in [0.3, 0.4) is 0 Å². The summed E-state index contributed by atoms with van der Waals surface area (Å²) in [5, 5.41) is 12.9. The third-order valence-corrected chi connectivity index (χ3v) is 8.05. The van der Waals surface area contributed by atoms with E-state index in [1.807, 2.05) is 97.1 Å². The number of aryl methyl sites for hydroxylation is 1. The van der Waals surface area contributed by atoms with Crippen molar-refractivity contribution < 1.29 is 19.4 Å². The summed E-state index contributed by atoms with van der Waals surface area (Å²) >= 11 is 0. The number of unbranched alkanes of at least 4 members (excludes halogenated alkanes) is 1. The minimum atomic E-state index is -1.39. The van der Waals surface area contributed by atoms with Gasteiger partial charge in [-0.05, 0) is 71.3 Å². The van der Waals surface area contributed by atoms with Crippen molar-refractivity contribution >= 4 is 11.8 Å². The molecule has 0 aliphatic carbocycles. The summed E-state index contributed by atoms with van der Waals surface area (Å²) in [6.45, 7) is 1.15. The lowest BCUT2D eigenvalue weighted by molar-refractivity contribution is -0.130. The first-order valence-corrected chi connectivity index (χ1v) is 15.9. The van der Waals surface area contributed by atoms with Gasteiger partial charge in [0, 0.05) is 36.5 Å². The number of ether oxygens (including phenoxy) is 2. The van der Waals surface area contributed by atoms with Crippen LogP contribution in [0.1, 0.15) is 53.2 Å². The molecule has 2 atom stereocenters. The molecule has 1 aliphatic heterocycles. The predicted molar refractivity (Wildman–Crippen MR) is 182 cm³/mol. The van der Waals surface area contributed by atoms with Gasteiger partial charge < -0.3 is 14.6 Å². The van der Waals surface area contributed by atoms with E-state index < -0.39 is 11.6 Å². The molecule has 0 spiro atoms. The summed E-state index contributed by atoms with van der Waals surface area (Å²) in [5.74, 6) is 0.651. The summed E-state index contributed by atoms with van der Waals surface area (Å²) in [7, 11) is 0. The minimum absolute atomic E-state index is 0.0549. The van der Waals surface area contributed by atoms with E-state index in [1.54, 1.807) is 0 Å². The number of amides is 1. The van der Waals surface area contributed by atoms with Crippen molar-refractivity contribution in [2.75, 3.05) is 19.8 Å². The quantitative estimate of drug-likeness (QED) is 0.0406. The van der Waals surface area contributed by atoms with E-state index in [2.05, 4.69) is 33.0 Å². The van der Waals surface area contributed by atoms with Crippen LogP contribution in [0.15, 0.2) is 119 Å². The van der Waals surface area contributed by atoms with E-state index in [-0.39, 0.29) is 25.5 Å². The Morgan fingerprint density at radius 1 is 0.915 bits per heavy atom. The van der Waals surface area contributed by atoms with Gasteiger partial charge in [-0.25, -0.2) is 10.4 Å². The van der Waals surface area contributed by atoms with Gasteiger partial charge in [0.25, 0.3) is 5.91 Å². The van der Waals surface area contributed by atoms with Crippen molar-refractivity contribution in [3.63, 3.8) is 0 Å². The number of aliphatic imine (C=N–C) groups is 1. The lowest BCUT2D eigenvalue weighted by Crippen LogP contribution is -2.54. The Bertz CT molecular complexity index is 1660. The molecule has 0 saturated carbocycles. The number of nitrogens with one attached hydrogen (secondary N) is 2. The maximum atomic E-state index is 14.4. The third kappa shape index (κ3) is 8.77. The van der Waals surface area contributed by atoms with Crippen LogP contribution in [-0.2, 0) is 28.9 Å². The molecule has 5 rings (SSSR count). The fourth-order valence-corrected chi connectivity index (χ4v) is 5.65. The van der Waals surface area contributed by atoms with E-state index in [1.165, 1.54) is 5.56 Å². The number of rotatable bonds is 17. The number of hydrazine groups is 1. The Morgan fingerprint density at radius 3 is 2.34 bits per heavy atom. The van der Waals surface area contributed by atoms with E-state index in [4.69, 9.17) is 25.1 Å². The number of carbonyl (C=O) groups excluding carboxylic acids is 1. The van der Waals surface area contributed by atoms with Gasteiger partial charge in [0.2, 0.25) is 5.90 Å². The summed E-state index contributed by atoms with van der Waals surface area (Å²) in [6.07, 6.45) is 2.79. The molecule has 3 N–H and O–H groups in total. The smallest absolute Gasteiger partial charge is 0.266 e. The van der Waals surface area contributed by atoms with Gasteiger partial charge in [0.15, 0.2) is 11.6 Å². The molecule has 0 radical (unpaired) electrons. The fourth-order valence-electron chi connectivity index (χ4n) is 5.65. The highest BCUT2D eigenvalue weighted by Gasteiger charge is 2.53. The molecule has 47 heavy (non-hydrogen) atoms. The van der Waals surface area contributed by atoms with Crippen LogP contribution in [0.4, 0.5) is 0 Å². The Kier molecular flexibility index (Phi) is 12.0. The summed E-state index contributed by atoms with van der Waals surface area (Å²) in [4.78, 5) is 22.5. The average molecular weight is 633 g/mol. The summed E-state index contributed by atoms with van der Waals surface area (Å²) in [5.41, 5.74) is 18.2. The molecular weight excluding hydrogens is 592 g/mol. The largest absolute Gasteiger partial charge is 0.494 e.